The molecule has 1 aromatic heterocycles. The third-order valence-electron chi connectivity index (χ3n) is 2.02. The fourth-order valence-corrected chi connectivity index (χ4v) is 1.42. The number of aromatic nitrogens is 2. The maximum Gasteiger partial charge on any atom is 0.220 e. The lowest BCUT2D eigenvalue weighted by Crippen LogP contribution is -2.28. The molecule has 2 heterocycles. The third-order valence-corrected chi connectivity index (χ3v) is 2.02. The summed E-state index contributed by atoms with van der Waals surface area (Å²) in [5.41, 5.74) is 0. The van der Waals surface area contributed by atoms with Gasteiger partial charge in [0.2, 0.25) is 12.3 Å². The summed E-state index contributed by atoms with van der Waals surface area (Å²) in [7, 11) is 0. The van der Waals surface area contributed by atoms with E-state index >= 15 is 0 Å². The Morgan fingerprint density at radius 2 is 2.64 bits per heavy atom. The second-order valence-corrected chi connectivity index (χ2v) is 2.82. The Morgan fingerprint density at radius 3 is 3.27 bits per heavy atom. The molecule has 0 aliphatic carbocycles. The monoisotopic (exact) mass is 153 g/mol. The molecule has 0 unspecified atom stereocenters. The Balaban J connectivity index is 2.04. The topological polar surface area (TPSA) is 51.0 Å². The molecule has 1 fully saturated rings. The first-order valence-corrected chi connectivity index (χ1v) is 3.93. The molecule has 4 nitrogen and oxygen atoms in total. The standard InChI is InChI=1S/C7H11N3O/c1-2-6(4-8-3-1)7-10-9-5-11-7/h5-6,8H,1-4H2/t6-/m1/s1. The highest BCUT2D eigenvalue weighted by molar-refractivity contribution is 4.91. The van der Waals surface area contributed by atoms with Crippen LogP contribution in [0.25, 0.3) is 0 Å². The molecule has 0 aromatic carbocycles. The molecule has 0 bridgehead atoms. The van der Waals surface area contributed by atoms with E-state index in [0.29, 0.717) is 5.92 Å². The van der Waals surface area contributed by atoms with Crippen LogP contribution in [-0.4, -0.2) is 23.3 Å². The Morgan fingerprint density at radius 1 is 1.64 bits per heavy atom. The second kappa shape index (κ2) is 3.00. The van der Waals surface area contributed by atoms with Crippen LogP contribution >= 0.6 is 0 Å². The van der Waals surface area contributed by atoms with Crippen LogP contribution in [-0.2, 0) is 0 Å². The van der Waals surface area contributed by atoms with E-state index in [0.717, 1.165) is 25.4 Å². The van der Waals surface area contributed by atoms with Gasteiger partial charge in [0.1, 0.15) is 0 Å². The van der Waals surface area contributed by atoms with Crippen LogP contribution in [0.1, 0.15) is 24.7 Å². The molecule has 0 amide bonds. The van der Waals surface area contributed by atoms with Gasteiger partial charge in [-0.2, -0.15) is 0 Å². The summed E-state index contributed by atoms with van der Waals surface area (Å²) in [6.45, 7) is 2.09. The predicted octanol–water partition coefficient (Wildman–Crippen LogP) is 0.537. The van der Waals surface area contributed by atoms with Gasteiger partial charge in [-0.25, -0.2) is 0 Å². The minimum Gasteiger partial charge on any atom is -0.428 e. The lowest BCUT2D eigenvalue weighted by Gasteiger charge is -2.18. The smallest absolute Gasteiger partial charge is 0.220 e. The van der Waals surface area contributed by atoms with E-state index in [9.17, 15) is 0 Å². The van der Waals surface area contributed by atoms with Crippen LogP contribution in [0, 0.1) is 0 Å². The summed E-state index contributed by atoms with van der Waals surface area (Å²) in [5.74, 6) is 1.21. The molecule has 60 valence electrons. The van der Waals surface area contributed by atoms with Gasteiger partial charge in [-0.3, -0.25) is 0 Å². The van der Waals surface area contributed by atoms with Crippen LogP contribution in [0.4, 0.5) is 0 Å². The van der Waals surface area contributed by atoms with Gasteiger partial charge in [-0.1, -0.05) is 0 Å². The quantitative estimate of drug-likeness (QED) is 0.639. The van der Waals surface area contributed by atoms with Gasteiger partial charge < -0.3 is 9.73 Å². The lowest BCUT2D eigenvalue weighted by atomic mass is 10.00. The van der Waals surface area contributed by atoms with Gasteiger partial charge in [0.25, 0.3) is 0 Å². The Labute approximate surface area is 65.0 Å². The minimum absolute atomic E-state index is 0.436. The van der Waals surface area contributed by atoms with Crippen LogP contribution in [0.3, 0.4) is 0 Å². The van der Waals surface area contributed by atoms with Crippen molar-refractivity contribution in [2.75, 3.05) is 13.1 Å². The van der Waals surface area contributed by atoms with E-state index in [2.05, 4.69) is 15.5 Å². The number of hydrogen-bond donors (Lipinski definition) is 1. The summed E-state index contributed by atoms with van der Waals surface area (Å²) < 4.78 is 5.11. The van der Waals surface area contributed by atoms with Crippen molar-refractivity contribution in [2.24, 2.45) is 0 Å². The van der Waals surface area contributed by atoms with Crippen molar-refractivity contribution in [3.05, 3.63) is 12.3 Å². The molecule has 1 saturated heterocycles. The SMILES string of the molecule is c1nnc([C@@H]2CCCNC2)o1. The van der Waals surface area contributed by atoms with E-state index in [1.807, 2.05) is 0 Å². The van der Waals surface area contributed by atoms with E-state index in [-0.39, 0.29) is 0 Å². The highest BCUT2D eigenvalue weighted by atomic mass is 16.4. The van der Waals surface area contributed by atoms with Gasteiger partial charge in [-0.15, -0.1) is 10.2 Å². The molecular weight excluding hydrogens is 142 g/mol. The third kappa shape index (κ3) is 1.40. The normalized spacial score (nSPS) is 25.3. The number of rotatable bonds is 1. The fraction of sp³-hybridized carbons (Fsp3) is 0.714. The van der Waals surface area contributed by atoms with Gasteiger partial charge in [0.15, 0.2) is 0 Å². The van der Waals surface area contributed by atoms with Crippen molar-refractivity contribution >= 4 is 0 Å². The molecule has 1 aliphatic heterocycles. The highest BCUT2D eigenvalue weighted by Crippen LogP contribution is 2.20. The lowest BCUT2D eigenvalue weighted by molar-refractivity contribution is 0.376. The first-order chi connectivity index (χ1) is 5.47. The predicted molar refractivity (Wildman–Crippen MR) is 39.1 cm³/mol. The Bertz CT molecular complexity index is 203. The van der Waals surface area contributed by atoms with E-state index in [4.69, 9.17) is 4.42 Å². The summed E-state index contributed by atoms with van der Waals surface area (Å²) in [6, 6.07) is 0. The maximum absolute atomic E-state index is 5.11. The molecule has 0 spiro atoms. The second-order valence-electron chi connectivity index (χ2n) is 2.82. The highest BCUT2D eigenvalue weighted by Gasteiger charge is 2.18. The number of piperidine rings is 1. The summed E-state index contributed by atoms with van der Waals surface area (Å²) in [6.07, 6.45) is 3.76. The summed E-state index contributed by atoms with van der Waals surface area (Å²) in [4.78, 5) is 0. The zero-order valence-corrected chi connectivity index (χ0v) is 6.29. The van der Waals surface area contributed by atoms with Crippen molar-refractivity contribution in [2.45, 2.75) is 18.8 Å². The zero-order chi connectivity index (χ0) is 7.52. The van der Waals surface area contributed by atoms with E-state index < -0.39 is 0 Å². The van der Waals surface area contributed by atoms with Crippen LogP contribution in [0.5, 0.6) is 0 Å². The molecule has 4 heteroatoms. The molecule has 2 rings (SSSR count). The molecule has 0 saturated carbocycles. The molecular formula is C7H11N3O. The maximum atomic E-state index is 5.11. The first-order valence-electron chi connectivity index (χ1n) is 3.93. The number of nitrogens with zero attached hydrogens (tertiary/aromatic N) is 2. The molecule has 1 N–H and O–H groups in total. The molecule has 1 aliphatic rings. The van der Waals surface area contributed by atoms with Crippen molar-refractivity contribution in [3.8, 4) is 0 Å². The number of nitrogens with one attached hydrogen (secondary N) is 1. The van der Waals surface area contributed by atoms with Gasteiger partial charge in [0.05, 0.1) is 0 Å². The number of hydrogen-bond acceptors (Lipinski definition) is 4. The Kier molecular flexibility index (Phi) is 1.85. The molecule has 1 atom stereocenters. The van der Waals surface area contributed by atoms with Crippen LogP contribution in [0.15, 0.2) is 10.8 Å². The summed E-state index contributed by atoms with van der Waals surface area (Å²) >= 11 is 0. The van der Waals surface area contributed by atoms with Crippen molar-refractivity contribution < 1.29 is 4.42 Å². The van der Waals surface area contributed by atoms with Crippen molar-refractivity contribution in [1.82, 2.24) is 15.5 Å². The van der Waals surface area contributed by atoms with Crippen LogP contribution in [0.2, 0.25) is 0 Å². The molecule has 11 heavy (non-hydrogen) atoms. The van der Waals surface area contributed by atoms with Crippen molar-refractivity contribution in [3.63, 3.8) is 0 Å². The fourth-order valence-electron chi connectivity index (χ4n) is 1.42. The van der Waals surface area contributed by atoms with Crippen LogP contribution < -0.4 is 5.32 Å². The van der Waals surface area contributed by atoms with Gasteiger partial charge in [-0.05, 0) is 19.4 Å². The largest absolute Gasteiger partial charge is 0.428 e. The summed E-state index contributed by atoms with van der Waals surface area (Å²) in [5, 5.41) is 10.8. The minimum atomic E-state index is 0.436. The average Bonchev–Trinajstić information content (AvgIpc) is 2.58. The molecule has 1 aromatic rings. The molecule has 0 radical (unpaired) electrons. The first kappa shape index (κ1) is 6.79. The zero-order valence-electron chi connectivity index (χ0n) is 6.29. The van der Waals surface area contributed by atoms with E-state index in [1.54, 1.807) is 0 Å². The van der Waals surface area contributed by atoms with Gasteiger partial charge >= 0.3 is 0 Å². The average molecular weight is 153 g/mol. The van der Waals surface area contributed by atoms with Gasteiger partial charge in [0, 0.05) is 12.5 Å². The van der Waals surface area contributed by atoms with E-state index in [1.165, 1.54) is 12.8 Å². The Hall–Kier alpha value is -0.900. The van der Waals surface area contributed by atoms with Crippen molar-refractivity contribution in [1.29, 1.82) is 0 Å².